The monoisotopic (exact) mass is 228 g/mol. The van der Waals surface area contributed by atoms with Gasteiger partial charge in [-0.15, -0.1) is 0 Å². The highest BCUT2D eigenvalue weighted by molar-refractivity contribution is 5.45. The third-order valence-electron chi connectivity index (χ3n) is 2.86. The van der Waals surface area contributed by atoms with E-state index >= 15 is 0 Å². The van der Waals surface area contributed by atoms with Crippen LogP contribution in [0.15, 0.2) is 48.5 Å². The van der Waals surface area contributed by atoms with E-state index in [9.17, 15) is 5.11 Å². The molecule has 1 unspecified atom stereocenters. The second-order valence-corrected chi connectivity index (χ2v) is 4.01. The predicted octanol–water partition coefficient (Wildman–Crippen LogP) is 3.09. The average Bonchev–Trinajstić information content (AvgIpc) is 2.38. The molecule has 0 heterocycles. The van der Waals surface area contributed by atoms with Crippen molar-refractivity contribution in [1.82, 2.24) is 0 Å². The van der Waals surface area contributed by atoms with Crippen molar-refractivity contribution in [3.05, 3.63) is 65.2 Å². The van der Waals surface area contributed by atoms with E-state index in [1.54, 1.807) is 7.11 Å². The van der Waals surface area contributed by atoms with Crippen LogP contribution < -0.4 is 4.74 Å². The molecule has 0 amide bonds. The zero-order valence-corrected chi connectivity index (χ0v) is 10.1. The molecule has 0 aliphatic carbocycles. The van der Waals surface area contributed by atoms with E-state index in [4.69, 9.17) is 4.74 Å². The fourth-order valence-electron chi connectivity index (χ4n) is 1.98. The maximum atomic E-state index is 10.3. The third kappa shape index (κ3) is 2.32. The smallest absolute Gasteiger partial charge is 0.127 e. The zero-order chi connectivity index (χ0) is 12.3. The van der Waals surface area contributed by atoms with Gasteiger partial charge in [0.15, 0.2) is 0 Å². The van der Waals surface area contributed by atoms with Gasteiger partial charge in [-0.3, -0.25) is 0 Å². The molecule has 0 saturated heterocycles. The molecule has 2 nitrogen and oxygen atoms in total. The second kappa shape index (κ2) is 5.02. The topological polar surface area (TPSA) is 29.5 Å². The number of aliphatic hydroxyl groups is 1. The number of ether oxygens (including phenoxy) is 1. The minimum atomic E-state index is -0.647. The Kier molecular flexibility index (Phi) is 3.45. The molecule has 0 fully saturated rings. The van der Waals surface area contributed by atoms with Gasteiger partial charge in [0, 0.05) is 5.56 Å². The predicted molar refractivity (Wildman–Crippen MR) is 68.2 cm³/mol. The van der Waals surface area contributed by atoms with Crippen LogP contribution in [-0.4, -0.2) is 12.2 Å². The summed E-state index contributed by atoms with van der Waals surface area (Å²) < 4.78 is 5.36. The fraction of sp³-hybridized carbons (Fsp3) is 0.200. The van der Waals surface area contributed by atoms with Crippen LogP contribution in [0.5, 0.6) is 5.75 Å². The van der Waals surface area contributed by atoms with Crippen molar-refractivity contribution >= 4 is 0 Å². The van der Waals surface area contributed by atoms with Crippen LogP contribution >= 0.6 is 0 Å². The van der Waals surface area contributed by atoms with E-state index in [1.165, 1.54) is 0 Å². The number of hydrogen-bond acceptors (Lipinski definition) is 2. The van der Waals surface area contributed by atoms with Gasteiger partial charge in [0.05, 0.1) is 7.11 Å². The first-order valence-electron chi connectivity index (χ1n) is 5.60. The van der Waals surface area contributed by atoms with Gasteiger partial charge in [0.25, 0.3) is 0 Å². The summed E-state index contributed by atoms with van der Waals surface area (Å²) in [5, 5.41) is 10.3. The molecule has 17 heavy (non-hydrogen) atoms. The number of hydrogen-bond donors (Lipinski definition) is 1. The minimum absolute atomic E-state index is 0.647. The summed E-state index contributed by atoms with van der Waals surface area (Å²) in [6.45, 7) is 1.97. The van der Waals surface area contributed by atoms with Gasteiger partial charge < -0.3 is 9.84 Å². The SMILES string of the molecule is COc1c(C)cccc1C(O)c1ccccc1. The summed E-state index contributed by atoms with van der Waals surface area (Å²) in [5.41, 5.74) is 2.70. The van der Waals surface area contributed by atoms with E-state index in [0.29, 0.717) is 0 Å². The lowest BCUT2D eigenvalue weighted by Gasteiger charge is -2.16. The first-order valence-corrected chi connectivity index (χ1v) is 5.60. The lowest BCUT2D eigenvalue weighted by Crippen LogP contribution is -2.03. The summed E-state index contributed by atoms with van der Waals surface area (Å²) >= 11 is 0. The molecule has 88 valence electrons. The van der Waals surface area contributed by atoms with Crippen molar-refractivity contribution in [3.8, 4) is 5.75 Å². The Labute approximate surface area is 101 Å². The first-order chi connectivity index (χ1) is 8.24. The van der Waals surface area contributed by atoms with Crippen LogP contribution in [0.1, 0.15) is 22.8 Å². The molecule has 0 aromatic heterocycles. The van der Waals surface area contributed by atoms with Crippen LogP contribution in [0.3, 0.4) is 0 Å². The van der Waals surface area contributed by atoms with Crippen LogP contribution in [-0.2, 0) is 0 Å². The van der Waals surface area contributed by atoms with Gasteiger partial charge >= 0.3 is 0 Å². The molecule has 0 spiro atoms. The normalized spacial score (nSPS) is 12.2. The largest absolute Gasteiger partial charge is 0.496 e. The highest BCUT2D eigenvalue weighted by Crippen LogP contribution is 2.32. The number of aliphatic hydroxyl groups excluding tert-OH is 1. The Morgan fingerprint density at radius 3 is 2.35 bits per heavy atom. The van der Waals surface area contributed by atoms with Gasteiger partial charge in [-0.25, -0.2) is 0 Å². The standard InChI is InChI=1S/C15H16O2/c1-11-7-6-10-13(15(11)17-2)14(16)12-8-4-3-5-9-12/h3-10,14,16H,1-2H3. The zero-order valence-electron chi connectivity index (χ0n) is 10.1. The molecule has 2 heteroatoms. The number of rotatable bonds is 3. The quantitative estimate of drug-likeness (QED) is 0.874. The lowest BCUT2D eigenvalue weighted by atomic mass is 9.99. The molecule has 2 aromatic carbocycles. The van der Waals surface area contributed by atoms with Crippen LogP contribution in [0.2, 0.25) is 0 Å². The van der Waals surface area contributed by atoms with E-state index in [-0.39, 0.29) is 0 Å². The third-order valence-corrected chi connectivity index (χ3v) is 2.86. The Hall–Kier alpha value is -1.80. The molecule has 1 N–H and O–H groups in total. The van der Waals surface area contributed by atoms with Crippen molar-refractivity contribution in [3.63, 3.8) is 0 Å². The van der Waals surface area contributed by atoms with Crippen molar-refractivity contribution < 1.29 is 9.84 Å². The minimum Gasteiger partial charge on any atom is -0.496 e. The van der Waals surface area contributed by atoms with E-state index in [1.807, 2.05) is 55.5 Å². The van der Waals surface area contributed by atoms with Gasteiger partial charge in [-0.2, -0.15) is 0 Å². The van der Waals surface area contributed by atoms with E-state index < -0.39 is 6.10 Å². The summed E-state index contributed by atoms with van der Waals surface area (Å²) in [7, 11) is 1.63. The molecule has 0 bridgehead atoms. The molecular formula is C15H16O2. The van der Waals surface area contributed by atoms with Gasteiger partial charge in [-0.05, 0) is 18.1 Å². The molecular weight excluding hydrogens is 212 g/mol. The van der Waals surface area contributed by atoms with Gasteiger partial charge in [0.2, 0.25) is 0 Å². The van der Waals surface area contributed by atoms with E-state index in [2.05, 4.69) is 0 Å². The van der Waals surface area contributed by atoms with Crippen LogP contribution in [0, 0.1) is 6.92 Å². The second-order valence-electron chi connectivity index (χ2n) is 4.01. The highest BCUT2D eigenvalue weighted by atomic mass is 16.5. The summed E-state index contributed by atoms with van der Waals surface area (Å²) in [4.78, 5) is 0. The Morgan fingerprint density at radius 1 is 1.00 bits per heavy atom. The Bertz CT molecular complexity index is 492. The fourth-order valence-corrected chi connectivity index (χ4v) is 1.98. The molecule has 2 rings (SSSR count). The lowest BCUT2D eigenvalue weighted by molar-refractivity contribution is 0.214. The Balaban J connectivity index is 2.44. The summed E-state index contributed by atoms with van der Waals surface area (Å²) in [5.74, 6) is 0.754. The van der Waals surface area contributed by atoms with Gasteiger partial charge in [0.1, 0.15) is 11.9 Å². The number of aryl methyl sites for hydroxylation is 1. The highest BCUT2D eigenvalue weighted by Gasteiger charge is 2.15. The van der Waals surface area contributed by atoms with Crippen molar-refractivity contribution in [2.24, 2.45) is 0 Å². The molecule has 1 atom stereocenters. The summed E-state index contributed by atoms with van der Waals surface area (Å²) in [6.07, 6.45) is -0.647. The van der Waals surface area contributed by atoms with Crippen molar-refractivity contribution in [2.45, 2.75) is 13.0 Å². The first kappa shape index (κ1) is 11.7. The summed E-state index contributed by atoms with van der Waals surface area (Å²) in [6, 6.07) is 15.4. The number of methoxy groups -OCH3 is 1. The Morgan fingerprint density at radius 2 is 1.71 bits per heavy atom. The maximum absolute atomic E-state index is 10.3. The van der Waals surface area contributed by atoms with E-state index in [0.717, 1.165) is 22.4 Å². The molecule has 0 saturated carbocycles. The molecule has 0 aliphatic rings. The maximum Gasteiger partial charge on any atom is 0.127 e. The molecule has 0 radical (unpaired) electrons. The average molecular weight is 228 g/mol. The van der Waals surface area contributed by atoms with Crippen molar-refractivity contribution in [2.75, 3.05) is 7.11 Å². The number of para-hydroxylation sites is 1. The van der Waals surface area contributed by atoms with Crippen LogP contribution in [0.4, 0.5) is 0 Å². The molecule has 2 aromatic rings. The van der Waals surface area contributed by atoms with Crippen LogP contribution in [0.25, 0.3) is 0 Å². The van der Waals surface area contributed by atoms with Crippen molar-refractivity contribution in [1.29, 1.82) is 0 Å². The number of benzene rings is 2. The van der Waals surface area contributed by atoms with Gasteiger partial charge in [-0.1, -0.05) is 48.5 Å². The molecule has 0 aliphatic heterocycles.